The fourth-order valence-corrected chi connectivity index (χ4v) is 5.42. The van der Waals surface area contributed by atoms with Crippen molar-refractivity contribution in [2.24, 2.45) is 0 Å². The molecule has 1 heterocycles. The van der Waals surface area contributed by atoms with Crippen molar-refractivity contribution >= 4 is 18.1 Å². The Balaban J connectivity index is 0.000000623. The Labute approximate surface area is 213 Å². The number of anilines is 1. The predicted octanol–water partition coefficient (Wildman–Crippen LogP) is 5.56. The van der Waals surface area contributed by atoms with Crippen molar-refractivity contribution in [2.75, 3.05) is 18.6 Å². The summed E-state index contributed by atoms with van der Waals surface area (Å²) in [6.45, 7) is 6.47. The van der Waals surface area contributed by atoms with Crippen LogP contribution in [0.3, 0.4) is 0 Å². The number of carbonyl (C=O) groups excluding carboxylic acids is 2. The van der Waals surface area contributed by atoms with E-state index in [0.29, 0.717) is 6.47 Å². The molecule has 6 rings (SSSR count). The van der Waals surface area contributed by atoms with Crippen molar-refractivity contribution in [1.82, 2.24) is 5.32 Å². The Morgan fingerprint density at radius 2 is 1.56 bits per heavy atom. The van der Waals surface area contributed by atoms with E-state index >= 15 is 0 Å². The van der Waals surface area contributed by atoms with Gasteiger partial charge in [-0.3, -0.25) is 9.59 Å². The number of methoxy groups -OCH3 is 1. The van der Waals surface area contributed by atoms with Crippen molar-refractivity contribution in [3.63, 3.8) is 0 Å². The van der Waals surface area contributed by atoms with E-state index in [1.807, 2.05) is 6.07 Å². The summed E-state index contributed by atoms with van der Waals surface area (Å²) in [7, 11) is 1.31. The molecular formula is C31H34N2O3. The van der Waals surface area contributed by atoms with Crippen LogP contribution in [0, 0.1) is 13.8 Å². The number of hydrogen-bond donors (Lipinski definition) is 1. The monoisotopic (exact) mass is 482 g/mol. The van der Waals surface area contributed by atoms with Crippen molar-refractivity contribution in [1.29, 1.82) is 0 Å². The number of carbonyl (C=O) groups is 2. The highest BCUT2D eigenvalue weighted by molar-refractivity contribution is 6.02. The Morgan fingerprint density at radius 3 is 2.11 bits per heavy atom. The Bertz CT molecular complexity index is 1260. The maximum atomic E-state index is 13.6. The Kier molecular flexibility index (Phi) is 6.33. The van der Waals surface area contributed by atoms with Gasteiger partial charge in [0.05, 0.1) is 23.9 Å². The van der Waals surface area contributed by atoms with Crippen molar-refractivity contribution in [3.05, 3.63) is 100 Å². The van der Waals surface area contributed by atoms with Gasteiger partial charge in [-0.1, -0.05) is 71.8 Å². The molecule has 1 amide bonds. The zero-order valence-electron chi connectivity index (χ0n) is 21.3. The molecule has 0 radical (unpaired) electrons. The summed E-state index contributed by atoms with van der Waals surface area (Å²) in [4.78, 5) is 25.0. The van der Waals surface area contributed by atoms with Gasteiger partial charge in [-0.05, 0) is 62.3 Å². The molecule has 2 saturated carbocycles. The minimum absolute atomic E-state index is 0.0616. The lowest BCUT2D eigenvalue weighted by molar-refractivity contribution is -0.126. The van der Waals surface area contributed by atoms with Gasteiger partial charge in [0.2, 0.25) is 0 Å². The summed E-state index contributed by atoms with van der Waals surface area (Å²) >= 11 is 0. The van der Waals surface area contributed by atoms with E-state index < -0.39 is 0 Å². The molecule has 5 nitrogen and oxygen atoms in total. The Hall–Kier alpha value is -3.60. The van der Waals surface area contributed by atoms with Crippen LogP contribution in [0.4, 0.5) is 5.69 Å². The van der Waals surface area contributed by atoms with Crippen LogP contribution in [-0.4, -0.2) is 26.0 Å². The average Bonchev–Trinajstić information content (AvgIpc) is 3.81. The molecule has 5 heteroatoms. The number of benzene rings is 3. The molecule has 2 aliphatic carbocycles. The third kappa shape index (κ3) is 4.62. The summed E-state index contributed by atoms with van der Waals surface area (Å²) in [6, 6.07) is 23.7. The lowest BCUT2D eigenvalue weighted by atomic mass is 9.96. The number of hydrogen-bond acceptors (Lipinski definition) is 4. The molecule has 1 N–H and O–H groups in total. The first-order valence-electron chi connectivity index (χ1n) is 12.7. The first kappa shape index (κ1) is 24.1. The number of aryl methyl sites for hydroxylation is 2. The van der Waals surface area contributed by atoms with Crippen LogP contribution in [0.25, 0.3) is 0 Å². The van der Waals surface area contributed by atoms with Gasteiger partial charge in [-0.15, -0.1) is 0 Å². The highest BCUT2D eigenvalue weighted by Gasteiger charge is 2.53. The van der Waals surface area contributed by atoms with Gasteiger partial charge < -0.3 is 15.0 Å². The highest BCUT2D eigenvalue weighted by Crippen LogP contribution is 2.57. The van der Waals surface area contributed by atoms with Gasteiger partial charge in [-0.25, -0.2) is 0 Å². The minimum Gasteiger partial charge on any atom is -0.471 e. The van der Waals surface area contributed by atoms with Crippen LogP contribution >= 0.6 is 0 Å². The van der Waals surface area contributed by atoms with Crippen LogP contribution in [0.2, 0.25) is 0 Å². The number of para-hydroxylation sites is 1. The smallest absolute Gasteiger partial charge is 0.292 e. The van der Waals surface area contributed by atoms with Crippen LogP contribution in [0.1, 0.15) is 63.9 Å². The van der Waals surface area contributed by atoms with Gasteiger partial charge in [0.15, 0.2) is 0 Å². The van der Waals surface area contributed by atoms with E-state index in [0.717, 1.165) is 37.2 Å². The van der Waals surface area contributed by atoms with E-state index in [1.54, 1.807) is 0 Å². The number of fused-ring (bicyclic) bond motifs is 2. The van der Waals surface area contributed by atoms with E-state index in [4.69, 9.17) is 4.79 Å². The Morgan fingerprint density at radius 1 is 0.944 bits per heavy atom. The molecule has 3 aromatic rings. The summed E-state index contributed by atoms with van der Waals surface area (Å²) < 4.78 is 3.86. The lowest BCUT2D eigenvalue weighted by Crippen LogP contribution is -2.36. The second-order valence-electron chi connectivity index (χ2n) is 10.6. The largest absolute Gasteiger partial charge is 0.471 e. The molecule has 36 heavy (non-hydrogen) atoms. The molecule has 186 valence electrons. The molecule has 0 atom stereocenters. The summed E-state index contributed by atoms with van der Waals surface area (Å²) in [5, 5.41) is 3.42. The number of nitrogens with zero attached hydrogens (tertiary/aromatic N) is 1. The molecule has 3 aromatic carbocycles. The van der Waals surface area contributed by atoms with E-state index in [-0.39, 0.29) is 16.9 Å². The molecule has 3 aliphatic rings. The first-order valence-corrected chi connectivity index (χ1v) is 12.7. The van der Waals surface area contributed by atoms with Gasteiger partial charge in [-0.2, -0.15) is 0 Å². The molecule has 2 fully saturated rings. The van der Waals surface area contributed by atoms with Crippen LogP contribution in [0.5, 0.6) is 0 Å². The number of amides is 1. The fraction of sp³-hybridized carbons (Fsp3) is 0.355. The maximum absolute atomic E-state index is 13.6. The second kappa shape index (κ2) is 9.45. The van der Waals surface area contributed by atoms with Crippen LogP contribution in [-0.2, 0) is 27.0 Å². The number of nitrogens with one attached hydrogen (secondary N) is 1. The summed E-state index contributed by atoms with van der Waals surface area (Å²) in [5.41, 5.74) is 8.46. The zero-order chi connectivity index (χ0) is 25.3. The molecule has 0 aromatic heterocycles. The van der Waals surface area contributed by atoms with Gasteiger partial charge in [0, 0.05) is 18.5 Å². The third-order valence-corrected chi connectivity index (χ3v) is 7.81. The van der Waals surface area contributed by atoms with Crippen molar-refractivity contribution < 1.29 is 14.3 Å². The third-order valence-electron chi connectivity index (χ3n) is 7.81. The van der Waals surface area contributed by atoms with E-state index in [2.05, 4.69) is 89.5 Å². The molecule has 1 aliphatic heterocycles. The molecule has 0 bridgehead atoms. The highest BCUT2D eigenvalue weighted by atomic mass is 16.5. The van der Waals surface area contributed by atoms with Gasteiger partial charge in [0.1, 0.15) is 0 Å². The summed E-state index contributed by atoms with van der Waals surface area (Å²) in [5.74, 6) is 0.0616. The van der Waals surface area contributed by atoms with Crippen LogP contribution in [0.15, 0.2) is 66.7 Å². The van der Waals surface area contributed by atoms with E-state index in [9.17, 15) is 4.79 Å². The van der Waals surface area contributed by atoms with Gasteiger partial charge >= 0.3 is 0 Å². The number of rotatable bonds is 6. The quantitative estimate of drug-likeness (QED) is 0.467. The standard InChI is InChI=1S/C29H30N2O.C2H4O2/c1-20-6-10-22(11-7-20)18-31-19-28(14-15-28)25-5-3-4-24(26(25)31)27(32)30-29(16-17-29)23-12-8-21(2)9-13-23;1-4-2-3/h3-13H,14-19H2,1-2H3,(H,30,32);2H,1H3. The maximum Gasteiger partial charge on any atom is 0.292 e. The second-order valence-corrected chi connectivity index (χ2v) is 10.6. The minimum atomic E-state index is -0.203. The lowest BCUT2D eigenvalue weighted by Gasteiger charge is -2.24. The normalized spacial score (nSPS) is 17.5. The molecule has 0 saturated heterocycles. The first-order chi connectivity index (χ1) is 17.4. The average molecular weight is 483 g/mol. The van der Waals surface area contributed by atoms with Crippen LogP contribution < -0.4 is 10.2 Å². The fourth-order valence-electron chi connectivity index (χ4n) is 5.42. The predicted molar refractivity (Wildman–Crippen MR) is 142 cm³/mol. The molecule has 1 spiro atoms. The topological polar surface area (TPSA) is 58.6 Å². The molecular weight excluding hydrogens is 448 g/mol. The van der Waals surface area contributed by atoms with Crippen molar-refractivity contribution in [3.8, 4) is 0 Å². The van der Waals surface area contributed by atoms with Crippen molar-refractivity contribution in [2.45, 2.75) is 57.0 Å². The SMILES string of the molecule is COC=O.Cc1ccc(CN2CC3(CC3)c3cccc(C(=O)NC4(c5ccc(C)cc5)CC4)c32)cc1. The van der Waals surface area contributed by atoms with E-state index in [1.165, 1.54) is 47.8 Å². The molecule has 0 unspecified atom stereocenters. The van der Waals surface area contributed by atoms with Gasteiger partial charge in [0.25, 0.3) is 12.4 Å². The summed E-state index contributed by atoms with van der Waals surface area (Å²) in [6.07, 6.45) is 4.47. The number of ether oxygens (including phenoxy) is 1. The zero-order valence-corrected chi connectivity index (χ0v) is 21.3.